The Morgan fingerprint density at radius 2 is 1.74 bits per heavy atom. The van der Waals surface area contributed by atoms with Gasteiger partial charge in [0.25, 0.3) is 5.82 Å². The molecule has 3 aromatic heterocycles. The van der Waals surface area contributed by atoms with Crippen LogP contribution in [0.3, 0.4) is 0 Å². The quantitative estimate of drug-likeness (QED) is 0.299. The Morgan fingerprint density at radius 1 is 1.00 bits per heavy atom. The first kappa shape index (κ1) is 23.1. The van der Waals surface area contributed by atoms with Crippen molar-refractivity contribution in [1.29, 1.82) is 0 Å². The van der Waals surface area contributed by atoms with Crippen molar-refractivity contribution in [3.63, 3.8) is 0 Å². The monoisotopic (exact) mass is 498 g/mol. The van der Waals surface area contributed by atoms with Crippen molar-refractivity contribution in [3.8, 4) is 16.4 Å². The average Bonchev–Trinajstić information content (AvgIpc) is 3.60. The summed E-state index contributed by atoms with van der Waals surface area (Å²) in [6.45, 7) is -0.435. The van der Waals surface area contributed by atoms with Gasteiger partial charge < -0.3 is 19.9 Å². The lowest BCUT2D eigenvalue weighted by molar-refractivity contribution is 0.0440. The highest BCUT2D eigenvalue weighted by molar-refractivity contribution is 7.18. The highest BCUT2D eigenvalue weighted by Gasteiger charge is 2.29. The van der Waals surface area contributed by atoms with Crippen LogP contribution in [-0.2, 0) is 20.8 Å². The van der Waals surface area contributed by atoms with E-state index in [-0.39, 0.29) is 26.8 Å². The molecule has 0 radical (unpaired) electrons. The molecule has 0 spiro atoms. The van der Waals surface area contributed by atoms with E-state index >= 15 is 0 Å². The van der Waals surface area contributed by atoms with Crippen molar-refractivity contribution < 1.29 is 28.6 Å². The Balaban J connectivity index is 1.66. The molecule has 3 heterocycles. The maximum atomic E-state index is 12.9. The number of carbonyl (C=O) groups excluding carboxylic acids is 3. The summed E-state index contributed by atoms with van der Waals surface area (Å²) in [5.74, 6) is -2.04. The number of aromatic nitrogens is 3. The lowest BCUT2D eigenvalue weighted by Crippen LogP contribution is -2.13. The number of carbonyl (C=O) groups is 3. The SMILES string of the molecule is COC(=O)c1sc(N)c(C(=O)OC)c1COC(=O)c1nc(-c2cccs2)n(-c2ccccc2)n1. The van der Waals surface area contributed by atoms with Crippen LogP contribution >= 0.6 is 22.7 Å². The Labute approximate surface area is 201 Å². The number of hydrogen-bond donors (Lipinski definition) is 1. The lowest BCUT2D eigenvalue weighted by atomic mass is 10.1. The molecule has 0 fully saturated rings. The topological polar surface area (TPSA) is 136 Å². The molecule has 0 atom stereocenters. The van der Waals surface area contributed by atoms with Crippen LogP contribution in [0.15, 0.2) is 47.8 Å². The summed E-state index contributed by atoms with van der Waals surface area (Å²) in [6, 6.07) is 13.0. The van der Waals surface area contributed by atoms with Gasteiger partial charge in [0, 0.05) is 5.56 Å². The van der Waals surface area contributed by atoms with Crippen LogP contribution in [0.4, 0.5) is 5.00 Å². The third-order valence-electron chi connectivity index (χ3n) is 4.67. The summed E-state index contributed by atoms with van der Waals surface area (Å²) in [5, 5.41) is 6.27. The zero-order valence-corrected chi connectivity index (χ0v) is 19.6. The van der Waals surface area contributed by atoms with Gasteiger partial charge in [0.2, 0.25) is 0 Å². The number of anilines is 1. The van der Waals surface area contributed by atoms with Gasteiger partial charge in [-0.1, -0.05) is 24.3 Å². The molecule has 0 bridgehead atoms. The average molecular weight is 499 g/mol. The van der Waals surface area contributed by atoms with E-state index in [9.17, 15) is 14.4 Å². The van der Waals surface area contributed by atoms with Gasteiger partial charge in [0.1, 0.15) is 22.0 Å². The zero-order chi connectivity index (χ0) is 24.2. The van der Waals surface area contributed by atoms with Gasteiger partial charge in [0.15, 0.2) is 5.82 Å². The summed E-state index contributed by atoms with van der Waals surface area (Å²) < 4.78 is 16.4. The fraction of sp³-hybridized carbons (Fsp3) is 0.136. The fourth-order valence-electron chi connectivity index (χ4n) is 3.12. The number of nitrogen functional groups attached to an aromatic ring is 1. The molecule has 0 aliphatic heterocycles. The third kappa shape index (κ3) is 4.40. The predicted octanol–water partition coefficient (Wildman–Crippen LogP) is 3.57. The molecule has 2 N–H and O–H groups in total. The minimum absolute atomic E-state index is 0.0373. The molecule has 34 heavy (non-hydrogen) atoms. The Kier molecular flexibility index (Phi) is 6.70. The van der Waals surface area contributed by atoms with Crippen LogP contribution in [0, 0.1) is 0 Å². The third-order valence-corrected chi connectivity index (χ3v) is 6.58. The molecule has 0 aliphatic carbocycles. The van der Waals surface area contributed by atoms with E-state index in [1.165, 1.54) is 25.6 Å². The number of ether oxygens (including phenoxy) is 3. The Bertz CT molecular complexity index is 1350. The minimum atomic E-state index is -0.844. The molecule has 0 unspecified atom stereocenters. The predicted molar refractivity (Wildman–Crippen MR) is 125 cm³/mol. The summed E-state index contributed by atoms with van der Waals surface area (Å²) in [5.41, 5.74) is 6.67. The molecule has 174 valence electrons. The van der Waals surface area contributed by atoms with Crippen LogP contribution in [-0.4, -0.2) is 46.9 Å². The number of benzene rings is 1. The smallest absolute Gasteiger partial charge is 0.378 e. The first-order chi connectivity index (χ1) is 16.4. The zero-order valence-electron chi connectivity index (χ0n) is 18.0. The summed E-state index contributed by atoms with van der Waals surface area (Å²) in [7, 11) is 2.37. The molecule has 0 amide bonds. The molecule has 0 saturated carbocycles. The van der Waals surface area contributed by atoms with E-state index in [1.807, 2.05) is 47.8 Å². The van der Waals surface area contributed by atoms with Gasteiger partial charge in [-0.2, -0.15) is 4.98 Å². The Hall–Kier alpha value is -4.03. The fourth-order valence-corrected chi connectivity index (χ4v) is 4.80. The molecular weight excluding hydrogens is 480 g/mol. The van der Waals surface area contributed by atoms with Gasteiger partial charge in [-0.3, -0.25) is 0 Å². The number of para-hydroxylation sites is 1. The number of rotatable bonds is 7. The van der Waals surface area contributed by atoms with Crippen LogP contribution in [0.5, 0.6) is 0 Å². The van der Waals surface area contributed by atoms with E-state index in [2.05, 4.69) is 10.1 Å². The van der Waals surface area contributed by atoms with Crippen molar-refractivity contribution in [1.82, 2.24) is 14.8 Å². The molecule has 4 rings (SSSR count). The number of methoxy groups -OCH3 is 2. The lowest BCUT2D eigenvalue weighted by Gasteiger charge is -2.06. The minimum Gasteiger partial charge on any atom is -0.465 e. The molecule has 0 saturated heterocycles. The van der Waals surface area contributed by atoms with E-state index in [0.717, 1.165) is 16.2 Å². The molecular formula is C22H18N4O6S2. The molecule has 1 aromatic carbocycles. The van der Waals surface area contributed by atoms with E-state index in [0.29, 0.717) is 11.5 Å². The number of nitrogens with two attached hydrogens (primary N) is 1. The number of esters is 3. The van der Waals surface area contributed by atoms with Gasteiger partial charge in [-0.15, -0.1) is 27.8 Å². The molecule has 10 nitrogen and oxygen atoms in total. The molecule has 12 heteroatoms. The first-order valence-corrected chi connectivity index (χ1v) is 11.5. The summed E-state index contributed by atoms with van der Waals surface area (Å²) in [6.07, 6.45) is 0. The van der Waals surface area contributed by atoms with Crippen molar-refractivity contribution >= 4 is 45.6 Å². The van der Waals surface area contributed by atoms with E-state index in [4.69, 9.17) is 19.9 Å². The van der Waals surface area contributed by atoms with Gasteiger partial charge in [-0.25, -0.2) is 19.1 Å². The second-order valence-corrected chi connectivity index (χ2v) is 8.69. The van der Waals surface area contributed by atoms with Gasteiger partial charge in [-0.05, 0) is 23.6 Å². The normalized spacial score (nSPS) is 10.6. The van der Waals surface area contributed by atoms with Crippen molar-refractivity contribution in [3.05, 3.63) is 69.7 Å². The largest absolute Gasteiger partial charge is 0.465 e. The second kappa shape index (κ2) is 9.85. The van der Waals surface area contributed by atoms with E-state index < -0.39 is 24.5 Å². The standard InChI is InChI=1S/C22H18N4O6S2/c1-30-20(27)15-13(16(21(28)31-2)34-17(15)23)11-32-22(29)18-24-19(14-9-6-10-33-14)26(25-18)12-7-4-3-5-8-12/h3-10H,11,23H2,1-2H3. The maximum Gasteiger partial charge on any atom is 0.378 e. The van der Waals surface area contributed by atoms with Crippen LogP contribution in [0.2, 0.25) is 0 Å². The van der Waals surface area contributed by atoms with Crippen molar-refractivity contribution in [2.75, 3.05) is 20.0 Å². The van der Waals surface area contributed by atoms with E-state index in [1.54, 1.807) is 4.68 Å². The highest BCUT2D eigenvalue weighted by atomic mass is 32.1. The second-order valence-electron chi connectivity index (χ2n) is 6.69. The maximum absolute atomic E-state index is 12.9. The Morgan fingerprint density at radius 3 is 2.38 bits per heavy atom. The van der Waals surface area contributed by atoms with Crippen molar-refractivity contribution in [2.24, 2.45) is 0 Å². The van der Waals surface area contributed by atoms with Crippen LogP contribution in [0.25, 0.3) is 16.4 Å². The number of thiophene rings is 2. The molecule has 4 aromatic rings. The van der Waals surface area contributed by atoms with Gasteiger partial charge in [0.05, 0.1) is 24.8 Å². The first-order valence-electron chi connectivity index (χ1n) is 9.75. The summed E-state index contributed by atoms with van der Waals surface area (Å²) in [4.78, 5) is 42.5. The number of nitrogens with zero attached hydrogens (tertiary/aromatic N) is 3. The van der Waals surface area contributed by atoms with Gasteiger partial charge >= 0.3 is 17.9 Å². The van der Waals surface area contributed by atoms with Crippen molar-refractivity contribution in [2.45, 2.75) is 6.61 Å². The highest BCUT2D eigenvalue weighted by Crippen LogP contribution is 2.33. The van der Waals surface area contributed by atoms with Crippen LogP contribution < -0.4 is 5.73 Å². The number of hydrogen-bond acceptors (Lipinski definition) is 11. The van der Waals surface area contributed by atoms with Crippen LogP contribution in [0.1, 0.15) is 36.2 Å². The molecule has 0 aliphatic rings. The summed E-state index contributed by atoms with van der Waals surface area (Å²) >= 11 is 2.29.